The summed E-state index contributed by atoms with van der Waals surface area (Å²) in [6.45, 7) is 2.34. The third kappa shape index (κ3) is 2.71. The predicted molar refractivity (Wildman–Crippen MR) is 87.6 cm³/mol. The van der Waals surface area contributed by atoms with E-state index in [1.54, 1.807) is 0 Å². The Balaban J connectivity index is 1.89. The highest BCUT2D eigenvalue weighted by atomic mass is 16.1. The van der Waals surface area contributed by atoms with Crippen molar-refractivity contribution in [2.24, 2.45) is 5.92 Å². The Kier molecular flexibility index (Phi) is 3.79. The Morgan fingerprint density at radius 1 is 1.24 bits per heavy atom. The van der Waals surface area contributed by atoms with Gasteiger partial charge in [-0.05, 0) is 42.9 Å². The van der Waals surface area contributed by atoms with Crippen molar-refractivity contribution >= 4 is 23.0 Å². The van der Waals surface area contributed by atoms with E-state index in [9.17, 15) is 4.79 Å². The number of hydrogen-bond acceptors (Lipinski definition) is 3. The van der Waals surface area contributed by atoms with Gasteiger partial charge in [-0.15, -0.1) is 0 Å². The second kappa shape index (κ2) is 5.58. The second-order valence-electron chi connectivity index (χ2n) is 6.56. The summed E-state index contributed by atoms with van der Waals surface area (Å²) in [6.07, 6.45) is 6.57. The summed E-state index contributed by atoms with van der Waals surface area (Å²) < 4.78 is 0. The van der Waals surface area contributed by atoms with Gasteiger partial charge in [0.1, 0.15) is 0 Å². The van der Waals surface area contributed by atoms with Gasteiger partial charge in [0, 0.05) is 25.2 Å². The summed E-state index contributed by atoms with van der Waals surface area (Å²) >= 11 is 0. The van der Waals surface area contributed by atoms with Crippen LogP contribution >= 0.6 is 0 Å². The lowest BCUT2D eigenvalue weighted by Gasteiger charge is -2.38. The number of aryl methyl sites for hydroxylation is 1. The summed E-state index contributed by atoms with van der Waals surface area (Å²) in [6, 6.07) is 4.66. The van der Waals surface area contributed by atoms with Crippen molar-refractivity contribution in [3.05, 3.63) is 17.7 Å². The van der Waals surface area contributed by atoms with Gasteiger partial charge in [0.2, 0.25) is 5.91 Å². The number of anilines is 3. The van der Waals surface area contributed by atoms with E-state index in [1.807, 2.05) is 6.07 Å². The molecule has 1 aliphatic heterocycles. The van der Waals surface area contributed by atoms with Gasteiger partial charge in [-0.3, -0.25) is 4.79 Å². The molecule has 3 rings (SSSR count). The van der Waals surface area contributed by atoms with E-state index >= 15 is 0 Å². The van der Waals surface area contributed by atoms with Gasteiger partial charge in [-0.2, -0.15) is 0 Å². The molecular formula is C17H25N3O. The van der Waals surface area contributed by atoms with E-state index in [-0.39, 0.29) is 5.91 Å². The molecule has 0 aromatic heterocycles. The first-order valence-electron chi connectivity index (χ1n) is 8.01. The number of benzene rings is 1. The molecule has 0 spiro atoms. The quantitative estimate of drug-likeness (QED) is 0.821. The summed E-state index contributed by atoms with van der Waals surface area (Å²) in [4.78, 5) is 13.8. The molecule has 3 N–H and O–H groups in total. The summed E-state index contributed by atoms with van der Waals surface area (Å²) in [5, 5.41) is 2.92. The number of nitrogens with one attached hydrogen (secondary N) is 1. The largest absolute Gasteiger partial charge is 0.397 e. The Bertz CT molecular complexity index is 555. The summed E-state index contributed by atoms with van der Waals surface area (Å²) in [7, 11) is 2.16. The van der Waals surface area contributed by atoms with Gasteiger partial charge in [0.05, 0.1) is 11.4 Å². The third-order valence-corrected chi connectivity index (χ3v) is 5.09. The smallest absolute Gasteiger partial charge is 0.224 e. The number of rotatable bonds is 2. The van der Waals surface area contributed by atoms with Crippen molar-refractivity contribution in [2.75, 3.05) is 23.0 Å². The summed E-state index contributed by atoms with van der Waals surface area (Å²) in [5.41, 5.74) is 10.2. The van der Waals surface area contributed by atoms with Crippen LogP contribution in [0.4, 0.5) is 17.1 Å². The average molecular weight is 287 g/mol. The first-order chi connectivity index (χ1) is 10.1. The Morgan fingerprint density at radius 2 is 2.00 bits per heavy atom. The molecule has 1 saturated carbocycles. The van der Waals surface area contributed by atoms with Crippen molar-refractivity contribution in [1.29, 1.82) is 0 Å². The zero-order valence-corrected chi connectivity index (χ0v) is 13.0. The topological polar surface area (TPSA) is 58.4 Å². The number of fused-ring (bicyclic) bond motifs is 1. The molecule has 4 heteroatoms. The first-order valence-corrected chi connectivity index (χ1v) is 8.01. The zero-order chi connectivity index (χ0) is 15.0. The Hall–Kier alpha value is -1.71. The van der Waals surface area contributed by atoms with E-state index in [0.717, 1.165) is 23.5 Å². The lowest BCUT2D eigenvalue weighted by molar-refractivity contribution is -0.116. The Labute approximate surface area is 126 Å². The van der Waals surface area contributed by atoms with Crippen LogP contribution in [0.5, 0.6) is 0 Å². The van der Waals surface area contributed by atoms with Crippen LogP contribution in [-0.2, 0) is 11.2 Å². The van der Waals surface area contributed by atoms with Crippen molar-refractivity contribution in [3.8, 4) is 0 Å². The monoisotopic (exact) mass is 287 g/mol. The van der Waals surface area contributed by atoms with Gasteiger partial charge in [-0.1, -0.05) is 19.8 Å². The van der Waals surface area contributed by atoms with Gasteiger partial charge in [0.25, 0.3) is 0 Å². The van der Waals surface area contributed by atoms with E-state index in [2.05, 4.69) is 30.3 Å². The van der Waals surface area contributed by atoms with Crippen LogP contribution in [0, 0.1) is 5.92 Å². The van der Waals surface area contributed by atoms with Gasteiger partial charge < -0.3 is 16.0 Å². The molecule has 2 unspecified atom stereocenters. The Morgan fingerprint density at radius 3 is 2.76 bits per heavy atom. The number of nitrogen functional groups attached to an aromatic ring is 1. The molecule has 21 heavy (non-hydrogen) atoms. The molecule has 2 aliphatic rings. The molecule has 0 saturated heterocycles. The normalized spacial score (nSPS) is 25.1. The fourth-order valence-electron chi connectivity index (χ4n) is 3.79. The van der Waals surface area contributed by atoms with Crippen molar-refractivity contribution in [3.63, 3.8) is 0 Å². The van der Waals surface area contributed by atoms with Crippen LogP contribution < -0.4 is 16.0 Å². The fraction of sp³-hybridized carbons (Fsp3) is 0.588. The van der Waals surface area contributed by atoms with Crippen LogP contribution in [0.3, 0.4) is 0 Å². The van der Waals surface area contributed by atoms with Crippen LogP contribution in [0.2, 0.25) is 0 Å². The molecule has 0 radical (unpaired) electrons. The van der Waals surface area contributed by atoms with Gasteiger partial charge in [-0.25, -0.2) is 0 Å². The SMILES string of the molecule is CC1CCCCC1N(C)c1cc2c(cc1N)NC(=O)CC2. The van der Waals surface area contributed by atoms with Crippen LogP contribution in [0.25, 0.3) is 0 Å². The minimum absolute atomic E-state index is 0.0870. The molecule has 1 aromatic rings. The number of carbonyl (C=O) groups is 1. The average Bonchev–Trinajstić information content (AvgIpc) is 2.46. The fourth-order valence-corrected chi connectivity index (χ4v) is 3.79. The standard InChI is InChI=1S/C17H25N3O/c1-11-5-3-4-6-15(11)20(2)16-9-12-7-8-17(21)19-14(12)10-13(16)18/h9-11,15H,3-8,18H2,1-2H3,(H,19,21). The minimum Gasteiger partial charge on any atom is -0.397 e. The van der Waals surface area contributed by atoms with Crippen LogP contribution in [-0.4, -0.2) is 19.0 Å². The highest BCUT2D eigenvalue weighted by Crippen LogP contribution is 2.37. The van der Waals surface area contributed by atoms with Crippen LogP contribution in [0.1, 0.15) is 44.6 Å². The molecule has 4 nitrogen and oxygen atoms in total. The number of amides is 1. The molecule has 1 fully saturated rings. The number of carbonyl (C=O) groups excluding carboxylic acids is 1. The second-order valence-corrected chi connectivity index (χ2v) is 6.56. The lowest BCUT2D eigenvalue weighted by Crippen LogP contribution is -2.39. The lowest BCUT2D eigenvalue weighted by atomic mass is 9.84. The summed E-state index contributed by atoms with van der Waals surface area (Å²) in [5.74, 6) is 0.794. The van der Waals surface area contributed by atoms with E-state index < -0.39 is 0 Å². The maximum absolute atomic E-state index is 11.5. The molecule has 1 aliphatic carbocycles. The highest BCUT2D eigenvalue weighted by molar-refractivity contribution is 5.95. The molecule has 1 heterocycles. The first kappa shape index (κ1) is 14.2. The maximum atomic E-state index is 11.5. The molecule has 0 bridgehead atoms. The minimum atomic E-state index is 0.0870. The molecular weight excluding hydrogens is 262 g/mol. The van der Waals surface area contributed by atoms with E-state index in [0.29, 0.717) is 18.4 Å². The van der Waals surface area contributed by atoms with E-state index in [1.165, 1.54) is 31.2 Å². The van der Waals surface area contributed by atoms with Gasteiger partial charge in [0.15, 0.2) is 0 Å². The van der Waals surface area contributed by atoms with Crippen LogP contribution in [0.15, 0.2) is 12.1 Å². The van der Waals surface area contributed by atoms with E-state index in [4.69, 9.17) is 5.73 Å². The van der Waals surface area contributed by atoms with Crippen molar-refractivity contribution < 1.29 is 4.79 Å². The molecule has 114 valence electrons. The maximum Gasteiger partial charge on any atom is 0.224 e. The molecule has 1 amide bonds. The molecule has 2 atom stereocenters. The zero-order valence-electron chi connectivity index (χ0n) is 13.0. The highest BCUT2D eigenvalue weighted by Gasteiger charge is 2.27. The van der Waals surface area contributed by atoms with Crippen molar-refractivity contribution in [2.45, 2.75) is 51.5 Å². The van der Waals surface area contributed by atoms with Crippen molar-refractivity contribution in [1.82, 2.24) is 0 Å². The number of hydrogen-bond donors (Lipinski definition) is 2. The molecule has 1 aromatic carbocycles. The third-order valence-electron chi connectivity index (χ3n) is 5.09. The predicted octanol–water partition coefficient (Wildman–Crippen LogP) is 3.17. The number of nitrogens with two attached hydrogens (primary N) is 1. The number of nitrogens with zero attached hydrogens (tertiary/aromatic N) is 1. The van der Waals surface area contributed by atoms with Gasteiger partial charge >= 0.3 is 0 Å².